The van der Waals surface area contributed by atoms with E-state index in [1.165, 1.54) is 0 Å². The van der Waals surface area contributed by atoms with Crippen molar-refractivity contribution in [3.8, 4) is 11.5 Å². The molecule has 2 aromatic rings. The zero-order chi connectivity index (χ0) is 13.5. The van der Waals surface area contributed by atoms with E-state index in [2.05, 4.69) is 0 Å². The lowest BCUT2D eigenvalue weighted by Crippen LogP contribution is -2.05. The minimum atomic E-state index is -1.07. The number of benzene rings is 2. The van der Waals surface area contributed by atoms with E-state index < -0.39 is 10.8 Å². The molecule has 1 unspecified atom stereocenters. The second-order valence-electron chi connectivity index (χ2n) is 4.03. The summed E-state index contributed by atoms with van der Waals surface area (Å²) in [6.45, 7) is -0.0612. The fourth-order valence-corrected chi connectivity index (χ4v) is 2.62. The van der Waals surface area contributed by atoms with Crippen molar-refractivity contribution in [1.82, 2.24) is 0 Å². The van der Waals surface area contributed by atoms with E-state index in [9.17, 15) is 4.21 Å². The molecule has 0 aliphatic carbocycles. The molecule has 0 aliphatic rings. The van der Waals surface area contributed by atoms with Gasteiger partial charge in [-0.3, -0.25) is 4.21 Å². The molecule has 1 atom stereocenters. The summed E-state index contributed by atoms with van der Waals surface area (Å²) in [5.74, 6) is 2.14. The number of para-hydroxylation sites is 2. The third-order valence-corrected chi connectivity index (χ3v) is 3.85. The third kappa shape index (κ3) is 4.19. The molecule has 0 saturated carbocycles. The average molecular weight is 276 g/mol. The Morgan fingerprint density at radius 3 is 2.42 bits per heavy atom. The molecule has 0 amide bonds. The van der Waals surface area contributed by atoms with Gasteiger partial charge < -0.3 is 9.84 Å². The molecular formula is C15H16O3S. The highest BCUT2D eigenvalue weighted by Crippen LogP contribution is 2.25. The van der Waals surface area contributed by atoms with Gasteiger partial charge in [0.2, 0.25) is 0 Å². The summed E-state index contributed by atoms with van der Waals surface area (Å²) in [7, 11) is -1.07. The van der Waals surface area contributed by atoms with E-state index in [1.54, 1.807) is 0 Å². The lowest BCUT2D eigenvalue weighted by Gasteiger charge is -2.10. The van der Waals surface area contributed by atoms with Crippen LogP contribution in [0.3, 0.4) is 0 Å². The van der Waals surface area contributed by atoms with Crippen LogP contribution < -0.4 is 4.74 Å². The van der Waals surface area contributed by atoms with Crippen molar-refractivity contribution < 1.29 is 14.1 Å². The summed E-state index contributed by atoms with van der Waals surface area (Å²) in [6.07, 6.45) is 0. The Morgan fingerprint density at radius 2 is 1.68 bits per heavy atom. The van der Waals surface area contributed by atoms with Crippen LogP contribution in [0.25, 0.3) is 0 Å². The molecule has 19 heavy (non-hydrogen) atoms. The highest BCUT2D eigenvalue weighted by atomic mass is 32.2. The molecule has 0 aromatic heterocycles. The maximum atomic E-state index is 11.7. The van der Waals surface area contributed by atoms with E-state index in [4.69, 9.17) is 9.84 Å². The van der Waals surface area contributed by atoms with Crippen molar-refractivity contribution >= 4 is 10.8 Å². The predicted octanol–water partition coefficient (Wildman–Crippen LogP) is 2.72. The van der Waals surface area contributed by atoms with Gasteiger partial charge in [-0.1, -0.05) is 36.4 Å². The summed E-state index contributed by atoms with van der Waals surface area (Å²) in [4.78, 5) is 0. The van der Waals surface area contributed by atoms with E-state index in [-0.39, 0.29) is 6.61 Å². The van der Waals surface area contributed by atoms with Crippen LogP contribution in [0.5, 0.6) is 11.5 Å². The van der Waals surface area contributed by atoms with Crippen molar-refractivity contribution in [2.24, 2.45) is 0 Å². The molecule has 0 saturated heterocycles. The molecule has 3 nitrogen and oxygen atoms in total. The number of aliphatic hydroxyl groups excluding tert-OH is 1. The molecule has 0 bridgehead atoms. The van der Waals surface area contributed by atoms with Gasteiger partial charge in [0.05, 0.1) is 12.4 Å². The summed E-state index contributed by atoms with van der Waals surface area (Å²) in [6, 6.07) is 17.0. The van der Waals surface area contributed by atoms with Crippen LogP contribution in [0.1, 0.15) is 5.56 Å². The molecule has 0 fully saturated rings. The fourth-order valence-electron chi connectivity index (χ4n) is 1.69. The summed E-state index contributed by atoms with van der Waals surface area (Å²) >= 11 is 0. The van der Waals surface area contributed by atoms with Gasteiger partial charge in [0.25, 0.3) is 0 Å². The first kappa shape index (κ1) is 13.8. The molecule has 4 heteroatoms. The largest absolute Gasteiger partial charge is 0.457 e. The quantitative estimate of drug-likeness (QED) is 0.882. The second-order valence-corrected chi connectivity index (χ2v) is 5.61. The smallest absolute Gasteiger partial charge is 0.131 e. The Morgan fingerprint density at radius 1 is 1.00 bits per heavy atom. The third-order valence-electron chi connectivity index (χ3n) is 2.58. The molecule has 0 aliphatic heterocycles. The maximum Gasteiger partial charge on any atom is 0.131 e. The van der Waals surface area contributed by atoms with Gasteiger partial charge in [-0.2, -0.15) is 0 Å². The van der Waals surface area contributed by atoms with E-state index in [0.717, 1.165) is 11.3 Å². The van der Waals surface area contributed by atoms with Crippen molar-refractivity contribution in [2.75, 3.05) is 12.4 Å². The monoisotopic (exact) mass is 276 g/mol. The Bertz CT molecular complexity index is 540. The molecule has 0 radical (unpaired) electrons. The van der Waals surface area contributed by atoms with Crippen molar-refractivity contribution in [3.63, 3.8) is 0 Å². The fraction of sp³-hybridized carbons (Fsp3) is 0.200. The van der Waals surface area contributed by atoms with Gasteiger partial charge in [-0.05, 0) is 18.2 Å². The first-order valence-electron chi connectivity index (χ1n) is 6.06. The molecule has 1 N–H and O–H groups in total. The van der Waals surface area contributed by atoms with Gasteiger partial charge in [-0.25, -0.2) is 0 Å². The Balaban J connectivity index is 2.14. The molecule has 0 heterocycles. The van der Waals surface area contributed by atoms with Gasteiger partial charge in [0.1, 0.15) is 11.5 Å². The zero-order valence-electron chi connectivity index (χ0n) is 10.5. The van der Waals surface area contributed by atoms with Crippen molar-refractivity contribution in [2.45, 2.75) is 5.75 Å². The van der Waals surface area contributed by atoms with Crippen LogP contribution in [0.2, 0.25) is 0 Å². The molecular weight excluding hydrogens is 260 g/mol. The van der Waals surface area contributed by atoms with Crippen molar-refractivity contribution in [3.05, 3.63) is 60.2 Å². The van der Waals surface area contributed by atoms with Crippen LogP contribution in [0.15, 0.2) is 54.6 Å². The van der Waals surface area contributed by atoms with Gasteiger partial charge in [-0.15, -0.1) is 0 Å². The zero-order valence-corrected chi connectivity index (χ0v) is 11.3. The molecule has 2 aromatic carbocycles. The molecule has 2 rings (SSSR count). The van der Waals surface area contributed by atoms with Crippen LogP contribution in [0.4, 0.5) is 0 Å². The first-order chi connectivity index (χ1) is 9.29. The maximum absolute atomic E-state index is 11.7. The van der Waals surface area contributed by atoms with Crippen molar-refractivity contribution in [1.29, 1.82) is 0 Å². The SMILES string of the molecule is O=S(CCO)Cc1ccccc1Oc1ccccc1. The van der Waals surface area contributed by atoms with Gasteiger partial charge in [0.15, 0.2) is 0 Å². The normalized spacial score (nSPS) is 12.1. The average Bonchev–Trinajstić information content (AvgIpc) is 2.42. The van der Waals surface area contributed by atoms with E-state index >= 15 is 0 Å². The number of hydrogen-bond donors (Lipinski definition) is 1. The Labute approximate surface area is 115 Å². The lowest BCUT2D eigenvalue weighted by molar-refractivity contribution is 0.321. The summed E-state index contributed by atoms with van der Waals surface area (Å²) in [5.41, 5.74) is 0.887. The minimum Gasteiger partial charge on any atom is -0.457 e. The number of ether oxygens (including phenoxy) is 1. The van der Waals surface area contributed by atoms with Crippen LogP contribution in [0, 0.1) is 0 Å². The van der Waals surface area contributed by atoms with Crippen LogP contribution in [-0.2, 0) is 16.6 Å². The number of rotatable bonds is 6. The molecule has 0 spiro atoms. The lowest BCUT2D eigenvalue weighted by atomic mass is 10.2. The Kier molecular flexibility index (Phi) is 5.12. The number of aliphatic hydroxyl groups is 1. The summed E-state index contributed by atoms with van der Waals surface area (Å²) < 4.78 is 17.5. The standard InChI is InChI=1S/C15H16O3S/c16-10-11-19(17)12-13-6-4-5-9-15(13)18-14-7-2-1-3-8-14/h1-9,16H,10-12H2. The predicted molar refractivity (Wildman–Crippen MR) is 76.8 cm³/mol. The Hall–Kier alpha value is -1.65. The van der Waals surface area contributed by atoms with Gasteiger partial charge >= 0.3 is 0 Å². The minimum absolute atomic E-state index is 0.0612. The van der Waals surface area contributed by atoms with Crippen LogP contribution >= 0.6 is 0 Å². The topological polar surface area (TPSA) is 46.5 Å². The first-order valence-corrected chi connectivity index (χ1v) is 7.55. The van der Waals surface area contributed by atoms with Gasteiger partial charge in [0, 0.05) is 22.1 Å². The van der Waals surface area contributed by atoms with E-state index in [0.29, 0.717) is 17.3 Å². The number of hydrogen-bond acceptors (Lipinski definition) is 3. The molecule has 100 valence electrons. The highest BCUT2D eigenvalue weighted by Gasteiger charge is 2.08. The second kappa shape index (κ2) is 7.07. The highest BCUT2D eigenvalue weighted by molar-refractivity contribution is 7.84. The van der Waals surface area contributed by atoms with Crippen LogP contribution in [-0.4, -0.2) is 21.7 Å². The van der Waals surface area contributed by atoms with E-state index in [1.807, 2.05) is 54.6 Å². The summed E-state index contributed by atoms with van der Waals surface area (Å²) in [5, 5.41) is 8.79.